The average Bonchev–Trinajstić information content (AvgIpc) is 3.14. The van der Waals surface area contributed by atoms with Gasteiger partial charge in [0.25, 0.3) is 5.91 Å². The van der Waals surface area contributed by atoms with E-state index in [9.17, 15) is 4.79 Å². The topological polar surface area (TPSA) is 109 Å². The summed E-state index contributed by atoms with van der Waals surface area (Å²) in [6.07, 6.45) is 0. The first kappa shape index (κ1) is 19.8. The number of carbonyl (C=O) groups is 1. The summed E-state index contributed by atoms with van der Waals surface area (Å²) in [6, 6.07) is 11.2. The minimum atomic E-state index is -0.441. The van der Waals surface area contributed by atoms with Crippen molar-refractivity contribution in [3.63, 3.8) is 0 Å². The number of carbonyl (C=O) groups excluding carboxylic acids is 1. The Bertz CT molecular complexity index is 867. The van der Waals surface area contributed by atoms with Gasteiger partial charge in [-0.05, 0) is 22.6 Å². The van der Waals surface area contributed by atoms with E-state index in [0.29, 0.717) is 11.4 Å². The maximum absolute atomic E-state index is 12.4. The van der Waals surface area contributed by atoms with Crippen molar-refractivity contribution in [1.82, 2.24) is 25.6 Å². The zero-order chi connectivity index (χ0) is 17.8. The number of rotatable bonds is 5. The molecule has 0 aliphatic carbocycles. The first-order valence-electron chi connectivity index (χ1n) is 7.46. The molecule has 1 aromatic carbocycles. The Labute approximate surface area is 172 Å². The summed E-state index contributed by atoms with van der Waals surface area (Å²) in [7, 11) is 5.48. The van der Waals surface area contributed by atoms with Crippen molar-refractivity contribution in [2.45, 2.75) is 0 Å². The normalized spacial score (nSPS) is 9.96. The molecule has 130 valence electrons. The number of methoxy groups -OCH3 is 1. The van der Waals surface area contributed by atoms with E-state index in [0.717, 1.165) is 11.3 Å². The number of ether oxygens (including phenoxy) is 1. The molecule has 2 aromatic heterocycles. The molecule has 3 rings (SSSR count). The van der Waals surface area contributed by atoms with E-state index in [1.807, 2.05) is 43.3 Å². The van der Waals surface area contributed by atoms with Crippen molar-refractivity contribution in [2.24, 2.45) is 0 Å². The van der Waals surface area contributed by atoms with E-state index >= 15 is 0 Å². The van der Waals surface area contributed by atoms with Gasteiger partial charge in [-0.2, -0.15) is 0 Å². The molecule has 0 saturated carbocycles. The van der Waals surface area contributed by atoms with Crippen molar-refractivity contribution >= 4 is 47.1 Å². The summed E-state index contributed by atoms with van der Waals surface area (Å²) >= 11 is 0. The average molecular weight is 363 g/mol. The second-order valence-electron chi connectivity index (χ2n) is 5.42. The number of H-pyrrole nitrogens is 1. The van der Waals surface area contributed by atoms with Crippen molar-refractivity contribution in [1.29, 1.82) is 0 Å². The van der Waals surface area contributed by atoms with Crippen LogP contribution in [0.3, 0.4) is 0 Å². The number of aromatic amines is 1. The molecule has 0 spiro atoms. The van der Waals surface area contributed by atoms with Gasteiger partial charge in [-0.1, -0.05) is 17.2 Å². The van der Waals surface area contributed by atoms with Gasteiger partial charge in [-0.25, -0.2) is 10.1 Å². The minimum absolute atomic E-state index is 0. The van der Waals surface area contributed by atoms with Crippen LogP contribution < -0.4 is 15.0 Å². The van der Waals surface area contributed by atoms with Crippen LogP contribution >= 0.6 is 0 Å². The third kappa shape index (κ3) is 4.57. The third-order valence-corrected chi connectivity index (χ3v) is 3.52. The van der Waals surface area contributed by atoms with E-state index in [2.05, 4.69) is 30.9 Å². The predicted molar refractivity (Wildman–Crippen MR) is 99.8 cm³/mol. The van der Waals surface area contributed by atoms with E-state index in [4.69, 9.17) is 4.74 Å². The summed E-state index contributed by atoms with van der Waals surface area (Å²) in [5.41, 5.74) is 2.77. The van der Waals surface area contributed by atoms with Gasteiger partial charge in [0.2, 0.25) is 5.95 Å². The molecule has 0 aliphatic rings. The molecule has 2 heterocycles. The number of nitrogens with one attached hydrogen (secondary N) is 2. The summed E-state index contributed by atoms with van der Waals surface area (Å²) in [4.78, 5) is 18.8. The van der Waals surface area contributed by atoms with Gasteiger partial charge >= 0.3 is 29.6 Å². The number of amides is 1. The number of benzene rings is 1. The number of pyridine rings is 1. The molecule has 3 aromatic rings. The van der Waals surface area contributed by atoms with E-state index < -0.39 is 5.91 Å². The molecule has 10 heteroatoms. The van der Waals surface area contributed by atoms with Crippen LogP contribution in [0.15, 0.2) is 36.4 Å². The third-order valence-electron chi connectivity index (χ3n) is 3.52. The standard InChI is InChI=1S/C16H17N7O2.Na.H/c1-23(2)11-6-4-10(5-7-11)13-8-12(25-3)9-14(17-13)15(24)18-16-19-21-22-20-16;;/h4-9H,1-3H3,(H2,18,19,20,21,22,24);;. The molecule has 0 fully saturated rings. The Morgan fingerprint density at radius 1 is 1.19 bits per heavy atom. The fourth-order valence-electron chi connectivity index (χ4n) is 2.20. The van der Waals surface area contributed by atoms with Crippen molar-refractivity contribution in [3.05, 3.63) is 42.1 Å². The Morgan fingerprint density at radius 2 is 1.92 bits per heavy atom. The molecule has 1 amide bonds. The first-order valence-corrected chi connectivity index (χ1v) is 7.46. The summed E-state index contributed by atoms with van der Waals surface area (Å²) in [5, 5.41) is 15.4. The second-order valence-corrected chi connectivity index (χ2v) is 5.42. The second kappa shape index (κ2) is 8.75. The van der Waals surface area contributed by atoms with Crippen molar-refractivity contribution in [2.75, 3.05) is 31.4 Å². The maximum atomic E-state index is 12.4. The molecule has 0 radical (unpaired) electrons. The van der Waals surface area contributed by atoms with Crippen LogP contribution in [-0.4, -0.2) is 82.3 Å². The molecule has 0 atom stereocenters. The number of aromatic nitrogens is 5. The molecular weight excluding hydrogens is 345 g/mol. The Balaban J connectivity index is 0.00000243. The number of tetrazole rings is 1. The zero-order valence-corrected chi connectivity index (χ0v) is 14.0. The van der Waals surface area contributed by atoms with E-state index in [-0.39, 0.29) is 41.2 Å². The summed E-state index contributed by atoms with van der Waals surface area (Å²) in [6.45, 7) is 0. The fraction of sp³-hybridized carbons (Fsp3) is 0.188. The number of anilines is 2. The van der Waals surface area contributed by atoms with Crippen LogP contribution in [0.1, 0.15) is 10.5 Å². The van der Waals surface area contributed by atoms with Gasteiger partial charge in [0.1, 0.15) is 11.4 Å². The van der Waals surface area contributed by atoms with Crippen LogP contribution in [0.2, 0.25) is 0 Å². The predicted octanol–water partition coefficient (Wildman–Crippen LogP) is 0.940. The van der Waals surface area contributed by atoms with Gasteiger partial charge in [0.15, 0.2) is 0 Å². The molecule has 0 bridgehead atoms. The SMILES string of the molecule is COc1cc(C(=O)Nc2nnn[nH]2)nc(-c2ccc(N(C)C)cc2)c1.[NaH]. The van der Waals surface area contributed by atoms with Crippen molar-refractivity contribution < 1.29 is 9.53 Å². The van der Waals surface area contributed by atoms with Gasteiger partial charge in [-0.15, -0.1) is 0 Å². The quantitative estimate of drug-likeness (QED) is 0.649. The number of hydrogen-bond donors (Lipinski definition) is 2. The molecule has 2 N–H and O–H groups in total. The summed E-state index contributed by atoms with van der Waals surface area (Å²) in [5.74, 6) is 0.234. The van der Waals surface area contributed by atoms with Crippen LogP contribution in [-0.2, 0) is 0 Å². The fourth-order valence-corrected chi connectivity index (χ4v) is 2.20. The van der Waals surface area contributed by atoms with Crippen molar-refractivity contribution in [3.8, 4) is 17.0 Å². The Kier molecular flexibility index (Phi) is 6.67. The molecule has 0 aliphatic heterocycles. The molecule has 0 saturated heterocycles. The summed E-state index contributed by atoms with van der Waals surface area (Å²) < 4.78 is 5.29. The van der Waals surface area contributed by atoms with Crippen LogP contribution in [0.25, 0.3) is 11.3 Å². The van der Waals surface area contributed by atoms with E-state index in [1.54, 1.807) is 12.1 Å². The first-order chi connectivity index (χ1) is 12.1. The number of nitrogens with zero attached hydrogens (tertiary/aromatic N) is 5. The molecule has 0 unspecified atom stereocenters. The van der Waals surface area contributed by atoms with E-state index in [1.165, 1.54) is 7.11 Å². The number of hydrogen-bond acceptors (Lipinski definition) is 7. The zero-order valence-electron chi connectivity index (χ0n) is 14.0. The molecule has 26 heavy (non-hydrogen) atoms. The van der Waals surface area contributed by atoms with Crippen LogP contribution in [0.5, 0.6) is 5.75 Å². The van der Waals surface area contributed by atoms with Crippen LogP contribution in [0, 0.1) is 0 Å². The van der Waals surface area contributed by atoms with Crippen LogP contribution in [0.4, 0.5) is 11.6 Å². The Hall–Kier alpha value is -2.49. The molecule has 9 nitrogen and oxygen atoms in total. The monoisotopic (exact) mass is 363 g/mol. The van der Waals surface area contributed by atoms with Gasteiger partial charge < -0.3 is 9.64 Å². The molecular formula is C16H18N7NaO2. The van der Waals surface area contributed by atoms with Gasteiger partial charge in [-0.3, -0.25) is 10.1 Å². The van der Waals surface area contributed by atoms with Gasteiger partial charge in [0.05, 0.1) is 12.8 Å². The van der Waals surface area contributed by atoms with Gasteiger partial charge in [0, 0.05) is 37.5 Å². The Morgan fingerprint density at radius 3 is 2.50 bits per heavy atom.